The Morgan fingerprint density at radius 2 is 1.59 bits per heavy atom. The molecule has 0 bridgehead atoms. The number of aromatic nitrogens is 1. The second-order valence-corrected chi connectivity index (χ2v) is 9.00. The Hall–Kier alpha value is -4.38. The standard InChI is InChI=1S/C32H32N2O3/c1-23(2)29-12-8-11-26(16-13-24-14-17-27(36-3)18-15-24)31(29)34(22-25-9-6-5-7-10-25)32(35)30-21-28(37-4)19-20-33-30/h5-21,23H,22H2,1-4H3/b16-13+. The third-order valence-electron chi connectivity index (χ3n) is 6.18. The molecule has 1 aromatic heterocycles. The maximum Gasteiger partial charge on any atom is 0.277 e. The summed E-state index contributed by atoms with van der Waals surface area (Å²) in [5.41, 5.74) is 5.32. The highest BCUT2D eigenvalue weighted by Gasteiger charge is 2.25. The molecule has 0 aliphatic rings. The number of methoxy groups -OCH3 is 2. The van der Waals surface area contributed by atoms with E-state index in [2.05, 4.69) is 37.0 Å². The van der Waals surface area contributed by atoms with E-state index in [-0.39, 0.29) is 11.8 Å². The molecule has 0 fully saturated rings. The first kappa shape index (κ1) is 25.7. The Labute approximate surface area is 219 Å². The largest absolute Gasteiger partial charge is 0.497 e. The van der Waals surface area contributed by atoms with Gasteiger partial charge in [0.05, 0.1) is 26.5 Å². The van der Waals surface area contributed by atoms with Gasteiger partial charge in [-0.1, -0.05) is 86.7 Å². The van der Waals surface area contributed by atoms with Gasteiger partial charge in [0.2, 0.25) is 0 Å². The van der Waals surface area contributed by atoms with E-state index in [4.69, 9.17) is 9.47 Å². The first-order valence-corrected chi connectivity index (χ1v) is 12.3. The number of carbonyl (C=O) groups excluding carboxylic acids is 1. The second kappa shape index (κ2) is 12.0. The number of ether oxygens (including phenoxy) is 2. The van der Waals surface area contributed by atoms with E-state index in [0.29, 0.717) is 18.0 Å². The number of hydrogen-bond acceptors (Lipinski definition) is 4. The van der Waals surface area contributed by atoms with Crippen molar-refractivity contribution < 1.29 is 14.3 Å². The molecule has 5 nitrogen and oxygen atoms in total. The lowest BCUT2D eigenvalue weighted by Crippen LogP contribution is -2.32. The van der Waals surface area contributed by atoms with Gasteiger partial charge in [0, 0.05) is 12.3 Å². The molecule has 188 valence electrons. The monoisotopic (exact) mass is 492 g/mol. The quantitative estimate of drug-likeness (QED) is 0.231. The van der Waals surface area contributed by atoms with E-state index >= 15 is 0 Å². The molecule has 1 heterocycles. The molecule has 0 saturated carbocycles. The lowest BCUT2D eigenvalue weighted by Gasteiger charge is -2.28. The number of para-hydroxylation sites is 1. The van der Waals surface area contributed by atoms with E-state index in [0.717, 1.165) is 33.7 Å². The topological polar surface area (TPSA) is 51.7 Å². The van der Waals surface area contributed by atoms with Crippen molar-refractivity contribution in [2.45, 2.75) is 26.3 Å². The summed E-state index contributed by atoms with van der Waals surface area (Å²) in [6.07, 6.45) is 5.72. The predicted molar refractivity (Wildman–Crippen MR) is 150 cm³/mol. The summed E-state index contributed by atoms with van der Waals surface area (Å²) in [4.78, 5) is 20.3. The normalized spacial score (nSPS) is 11.1. The molecule has 0 aliphatic heterocycles. The van der Waals surface area contributed by atoms with Gasteiger partial charge in [-0.25, -0.2) is 0 Å². The summed E-state index contributed by atoms with van der Waals surface area (Å²) in [7, 11) is 3.24. The molecule has 5 heteroatoms. The Bertz CT molecular complexity index is 1360. The molecular formula is C32H32N2O3. The van der Waals surface area contributed by atoms with Gasteiger partial charge >= 0.3 is 0 Å². The van der Waals surface area contributed by atoms with Crippen LogP contribution in [0.25, 0.3) is 12.2 Å². The molecule has 0 unspecified atom stereocenters. The van der Waals surface area contributed by atoms with E-state index in [1.807, 2.05) is 71.6 Å². The first-order chi connectivity index (χ1) is 18.0. The Kier molecular flexibility index (Phi) is 8.37. The zero-order valence-electron chi connectivity index (χ0n) is 21.7. The Morgan fingerprint density at radius 3 is 2.27 bits per heavy atom. The van der Waals surface area contributed by atoms with Crippen LogP contribution in [-0.4, -0.2) is 25.1 Å². The average Bonchev–Trinajstić information content (AvgIpc) is 2.95. The summed E-state index contributed by atoms with van der Waals surface area (Å²) in [5.74, 6) is 1.42. The number of carbonyl (C=O) groups is 1. The van der Waals surface area contributed by atoms with Crippen molar-refractivity contribution in [1.29, 1.82) is 0 Å². The Morgan fingerprint density at radius 1 is 0.865 bits per heavy atom. The minimum absolute atomic E-state index is 0.185. The fraction of sp³-hybridized carbons (Fsp3) is 0.188. The predicted octanol–water partition coefficient (Wildman–Crippen LogP) is 7.24. The van der Waals surface area contributed by atoms with Gasteiger partial charge < -0.3 is 14.4 Å². The van der Waals surface area contributed by atoms with Crippen molar-refractivity contribution in [3.8, 4) is 11.5 Å². The molecule has 37 heavy (non-hydrogen) atoms. The van der Waals surface area contributed by atoms with Crippen LogP contribution in [0.5, 0.6) is 11.5 Å². The molecule has 0 spiro atoms. The third-order valence-corrected chi connectivity index (χ3v) is 6.18. The van der Waals surface area contributed by atoms with Crippen LogP contribution in [0.4, 0.5) is 5.69 Å². The minimum Gasteiger partial charge on any atom is -0.497 e. The fourth-order valence-electron chi connectivity index (χ4n) is 4.20. The summed E-state index contributed by atoms with van der Waals surface area (Å²) >= 11 is 0. The molecule has 0 aliphatic carbocycles. The highest BCUT2D eigenvalue weighted by Crippen LogP contribution is 2.35. The first-order valence-electron chi connectivity index (χ1n) is 12.3. The van der Waals surface area contributed by atoms with Crippen molar-refractivity contribution in [3.05, 3.63) is 119 Å². The molecule has 0 saturated heterocycles. The van der Waals surface area contributed by atoms with Crippen LogP contribution in [0.3, 0.4) is 0 Å². The number of nitrogens with zero attached hydrogens (tertiary/aromatic N) is 2. The van der Waals surface area contributed by atoms with Crippen LogP contribution in [-0.2, 0) is 6.54 Å². The average molecular weight is 493 g/mol. The van der Waals surface area contributed by atoms with Crippen LogP contribution in [0.1, 0.15) is 52.5 Å². The fourth-order valence-corrected chi connectivity index (χ4v) is 4.20. The van der Waals surface area contributed by atoms with E-state index in [1.165, 1.54) is 0 Å². The molecule has 4 aromatic rings. The molecule has 0 atom stereocenters. The van der Waals surface area contributed by atoms with Crippen molar-refractivity contribution in [2.75, 3.05) is 19.1 Å². The highest BCUT2D eigenvalue weighted by atomic mass is 16.5. The van der Waals surface area contributed by atoms with Crippen molar-refractivity contribution in [3.63, 3.8) is 0 Å². The minimum atomic E-state index is -0.185. The number of rotatable bonds is 9. The van der Waals surface area contributed by atoms with Crippen LogP contribution >= 0.6 is 0 Å². The SMILES string of the molecule is COc1ccc(/C=C/c2cccc(C(C)C)c2N(Cc2ccccc2)C(=O)c2cc(OC)ccn2)cc1. The smallest absolute Gasteiger partial charge is 0.277 e. The van der Waals surface area contributed by atoms with Crippen LogP contribution < -0.4 is 14.4 Å². The second-order valence-electron chi connectivity index (χ2n) is 9.00. The summed E-state index contributed by atoms with van der Waals surface area (Å²) in [5, 5.41) is 0. The van der Waals surface area contributed by atoms with E-state index in [1.54, 1.807) is 32.5 Å². The summed E-state index contributed by atoms with van der Waals surface area (Å²) in [6, 6.07) is 27.5. The third kappa shape index (κ3) is 6.25. The number of benzene rings is 3. The maximum atomic E-state index is 14.1. The van der Waals surface area contributed by atoms with Gasteiger partial charge in [-0.05, 0) is 46.4 Å². The number of amides is 1. The molecule has 3 aromatic carbocycles. The summed E-state index contributed by atoms with van der Waals surface area (Å²) < 4.78 is 10.7. The molecule has 4 rings (SSSR count). The van der Waals surface area contributed by atoms with Crippen molar-refractivity contribution in [1.82, 2.24) is 4.98 Å². The zero-order chi connectivity index (χ0) is 26.2. The van der Waals surface area contributed by atoms with Crippen molar-refractivity contribution in [2.24, 2.45) is 0 Å². The van der Waals surface area contributed by atoms with Crippen LogP contribution in [0.15, 0.2) is 91.1 Å². The van der Waals surface area contributed by atoms with Crippen LogP contribution in [0.2, 0.25) is 0 Å². The molecule has 0 N–H and O–H groups in total. The van der Waals surface area contributed by atoms with E-state index < -0.39 is 0 Å². The van der Waals surface area contributed by atoms with Gasteiger partial charge in [-0.3, -0.25) is 9.78 Å². The Balaban J connectivity index is 1.84. The van der Waals surface area contributed by atoms with Crippen LogP contribution in [0, 0.1) is 0 Å². The van der Waals surface area contributed by atoms with Gasteiger partial charge in [-0.15, -0.1) is 0 Å². The van der Waals surface area contributed by atoms with Crippen molar-refractivity contribution >= 4 is 23.7 Å². The summed E-state index contributed by atoms with van der Waals surface area (Å²) in [6.45, 7) is 4.70. The lowest BCUT2D eigenvalue weighted by molar-refractivity contribution is 0.0979. The molecule has 0 radical (unpaired) electrons. The van der Waals surface area contributed by atoms with E-state index in [9.17, 15) is 4.79 Å². The molecular weight excluding hydrogens is 460 g/mol. The zero-order valence-corrected chi connectivity index (χ0v) is 21.7. The lowest BCUT2D eigenvalue weighted by atomic mass is 9.95. The van der Waals surface area contributed by atoms with Gasteiger partial charge in [0.1, 0.15) is 17.2 Å². The highest BCUT2D eigenvalue weighted by molar-refractivity contribution is 6.06. The van der Waals surface area contributed by atoms with Gasteiger partial charge in [-0.2, -0.15) is 0 Å². The molecule has 1 amide bonds. The number of hydrogen-bond donors (Lipinski definition) is 0. The van der Waals surface area contributed by atoms with Gasteiger partial charge in [0.25, 0.3) is 5.91 Å². The number of pyridine rings is 1. The maximum absolute atomic E-state index is 14.1. The van der Waals surface area contributed by atoms with Gasteiger partial charge in [0.15, 0.2) is 0 Å². The number of anilines is 1.